The van der Waals surface area contributed by atoms with Crippen molar-refractivity contribution in [2.45, 2.75) is 0 Å². The zero-order valence-corrected chi connectivity index (χ0v) is 12.8. The lowest BCUT2D eigenvalue weighted by atomic mass is 10.3. The zero-order chi connectivity index (χ0) is 12.4. The lowest BCUT2D eigenvalue weighted by Crippen LogP contribution is -2.12. The van der Waals surface area contributed by atoms with Crippen LogP contribution in [0.15, 0.2) is 27.1 Å². The SMILES string of the molecule is O=C(Nc1cc(Br)ccc1Br)c1nnc(Cl)s1. The molecule has 2 aromatic rings. The van der Waals surface area contributed by atoms with Gasteiger partial charge < -0.3 is 5.32 Å². The third kappa shape index (κ3) is 3.25. The Hall–Kier alpha value is -0.500. The van der Waals surface area contributed by atoms with Crippen molar-refractivity contribution in [3.05, 3.63) is 36.6 Å². The number of carbonyl (C=O) groups excluding carboxylic acids is 1. The number of benzene rings is 1. The minimum Gasteiger partial charge on any atom is -0.319 e. The molecule has 88 valence electrons. The summed E-state index contributed by atoms with van der Waals surface area (Å²) in [4.78, 5) is 11.8. The Morgan fingerprint density at radius 2 is 2.12 bits per heavy atom. The van der Waals surface area contributed by atoms with Crippen molar-refractivity contribution in [3.8, 4) is 0 Å². The Bertz CT molecular complexity index is 575. The Kier molecular flexibility index (Phi) is 4.13. The highest BCUT2D eigenvalue weighted by Gasteiger charge is 2.13. The van der Waals surface area contributed by atoms with Crippen LogP contribution in [0.3, 0.4) is 0 Å². The van der Waals surface area contributed by atoms with Crippen LogP contribution in [0.4, 0.5) is 5.69 Å². The highest BCUT2D eigenvalue weighted by molar-refractivity contribution is 9.11. The van der Waals surface area contributed by atoms with Gasteiger partial charge in [0.05, 0.1) is 5.69 Å². The van der Waals surface area contributed by atoms with Crippen LogP contribution >= 0.6 is 54.8 Å². The Labute approximate surface area is 123 Å². The Balaban J connectivity index is 2.21. The summed E-state index contributed by atoms with van der Waals surface area (Å²) in [5.41, 5.74) is 0.649. The first-order valence-corrected chi connectivity index (χ1v) is 7.10. The molecule has 0 atom stereocenters. The molecule has 0 aliphatic carbocycles. The van der Waals surface area contributed by atoms with Gasteiger partial charge in [0.2, 0.25) is 9.47 Å². The number of hydrogen-bond acceptors (Lipinski definition) is 4. The van der Waals surface area contributed by atoms with Gasteiger partial charge in [0, 0.05) is 8.95 Å². The van der Waals surface area contributed by atoms with Gasteiger partial charge in [-0.3, -0.25) is 4.79 Å². The number of nitrogens with one attached hydrogen (secondary N) is 1. The van der Waals surface area contributed by atoms with Gasteiger partial charge in [0.15, 0.2) is 0 Å². The van der Waals surface area contributed by atoms with Gasteiger partial charge in [-0.25, -0.2) is 0 Å². The van der Waals surface area contributed by atoms with Gasteiger partial charge in [-0.05, 0) is 45.7 Å². The van der Waals surface area contributed by atoms with Crippen molar-refractivity contribution in [2.75, 3.05) is 5.32 Å². The maximum atomic E-state index is 11.8. The van der Waals surface area contributed by atoms with Crippen molar-refractivity contribution >= 4 is 66.4 Å². The molecule has 0 bridgehead atoms. The molecular formula is C9H4Br2ClN3OS. The van der Waals surface area contributed by atoms with Crippen molar-refractivity contribution < 1.29 is 4.79 Å². The van der Waals surface area contributed by atoms with Gasteiger partial charge in [0.1, 0.15) is 0 Å². The average Bonchev–Trinajstić information content (AvgIpc) is 2.70. The molecule has 17 heavy (non-hydrogen) atoms. The summed E-state index contributed by atoms with van der Waals surface area (Å²) in [6.07, 6.45) is 0. The van der Waals surface area contributed by atoms with Gasteiger partial charge >= 0.3 is 0 Å². The first kappa shape index (κ1) is 12.9. The van der Waals surface area contributed by atoms with Crippen LogP contribution in [-0.2, 0) is 0 Å². The fraction of sp³-hybridized carbons (Fsp3) is 0. The first-order valence-electron chi connectivity index (χ1n) is 4.31. The second kappa shape index (κ2) is 5.43. The lowest BCUT2D eigenvalue weighted by molar-refractivity contribution is 0.102. The summed E-state index contributed by atoms with van der Waals surface area (Å²) in [7, 11) is 0. The standard InChI is InChI=1S/C9H4Br2ClN3OS/c10-4-1-2-5(11)6(3-4)13-7(16)8-14-15-9(12)17-8/h1-3H,(H,13,16). The van der Waals surface area contributed by atoms with E-state index in [-0.39, 0.29) is 15.4 Å². The molecule has 0 aliphatic heterocycles. The number of nitrogens with zero attached hydrogens (tertiary/aromatic N) is 2. The van der Waals surface area contributed by atoms with Crippen LogP contribution in [0.1, 0.15) is 9.80 Å². The van der Waals surface area contributed by atoms with Crippen LogP contribution < -0.4 is 5.32 Å². The van der Waals surface area contributed by atoms with Crippen LogP contribution in [0.5, 0.6) is 0 Å². The molecule has 1 N–H and O–H groups in total. The molecular weight excluding hydrogens is 393 g/mol. The van der Waals surface area contributed by atoms with E-state index < -0.39 is 0 Å². The molecule has 0 fully saturated rings. The van der Waals surface area contributed by atoms with E-state index in [4.69, 9.17) is 11.6 Å². The number of carbonyl (C=O) groups is 1. The van der Waals surface area contributed by atoms with Crippen LogP contribution in [0.2, 0.25) is 4.47 Å². The van der Waals surface area contributed by atoms with E-state index in [1.807, 2.05) is 12.1 Å². The maximum absolute atomic E-state index is 11.8. The van der Waals surface area contributed by atoms with E-state index >= 15 is 0 Å². The molecule has 8 heteroatoms. The van der Waals surface area contributed by atoms with Crippen LogP contribution in [-0.4, -0.2) is 16.1 Å². The molecule has 0 aliphatic rings. The summed E-state index contributed by atoms with van der Waals surface area (Å²) in [5.74, 6) is -0.340. The summed E-state index contributed by atoms with van der Waals surface area (Å²) in [6, 6.07) is 5.47. The van der Waals surface area contributed by atoms with E-state index in [0.717, 1.165) is 20.3 Å². The van der Waals surface area contributed by atoms with Gasteiger partial charge in [0.25, 0.3) is 5.91 Å². The molecule has 1 heterocycles. The minimum absolute atomic E-state index is 0.224. The van der Waals surface area contributed by atoms with Gasteiger partial charge in [-0.15, -0.1) is 10.2 Å². The monoisotopic (exact) mass is 395 g/mol. The smallest absolute Gasteiger partial charge is 0.286 e. The van der Waals surface area contributed by atoms with E-state index in [0.29, 0.717) is 5.69 Å². The maximum Gasteiger partial charge on any atom is 0.286 e. The van der Waals surface area contributed by atoms with Crippen molar-refractivity contribution in [2.24, 2.45) is 0 Å². The first-order chi connectivity index (χ1) is 8.06. The predicted molar refractivity (Wildman–Crippen MR) is 74.7 cm³/mol. The quantitative estimate of drug-likeness (QED) is 0.834. The summed E-state index contributed by atoms with van der Waals surface area (Å²) in [5, 5.41) is 10.2. The molecule has 1 aromatic heterocycles. The molecule has 0 spiro atoms. The average molecular weight is 397 g/mol. The minimum atomic E-state index is -0.340. The summed E-state index contributed by atoms with van der Waals surface area (Å²) < 4.78 is 1.89. The molecule has 0 unspecified atom stereocenters. The number of rotatable bonds is 2. The molecule has 0 saturated carbocycles. The number of amides is 1. The molecule has 1 aromatic carbocycles. The fourth-order valence-corrected chi connectivity index (χ4v) is 2.50. The van der Waals surface area contributed by atoms with Crippen molar-refractivity contribution in [3.63, 3.8) is 0 Å². The van der Waals surface area contributed by atoms with Gasteiger partial charge in [-0.1, -0.05) is 27.3 Å². The largest absolute Gasteiger partial charge is 0.319 e. The molecule has 0 saturated heterocycles. The number of aromatic nitrogens is 2. The Morgan fingerprint density at radius 1 is 1.35 bits per heavy atom. The highest BCUT2D eigenvalue weighted by atomic mass is 79.9. The Morgan fingerprint density at radius 3 is 2.76 bits per heavy atom. The second-order valence-corrected chi connectivity index (χ2v) is 6.27. The highest BCUT2D eigenvalue weighted by Crippen LogP contribution is 2.27. The number of hydrogen-bond donors (Lipinski definition) is 1. The predicted octanol–water partition coefficient (Wildman–Crippen LogP) is 3.97. The third-order valence-corrected chi connectivity index (χ3v) is 3.97. The van der Waals surface area contributed by atoms with Crippen molar-refractivity contribution in [1.29, 1.82) is 0 Å². The zero-order valence-electron chi connectivity index (χ0n) is 8.08. The van der Waals surface area contributed by atoms with E-state index in [9.17, 15) is 4.79 Å². The molecule has 1 amide bonds. The van der Waals surface area contributed by atoms with Crippen LogP contribution in [0.25, 0.3) is 0 Å². The number of halogens is 3. The second-order valence-electron chi connectivity index (χ2n) is 2.94. The van der Waals surface area contributed by atoms with E-state index in [2.05, 4.69) is 47.4 Å². The van der Waals surface area contributed by atoms with E-state index in [1.165, 1.54) is 0 Å². The van der Waals surface area contributed by atoms with Crippen LogP contribution in [0, 0.1) is 0 Å². The molecule has 0 radical (unpaired) electrons. The fourth-order valence-electron chi connectivity index (χ4n) is 1.07. The number of anilines is 1. The third-order valence-electron chi connectivity index (χ3n) is 1.77. The summed E-state index contributed by atoms with van der Waals surface area (Å²) in [6.45, 7) is 0. The molecule has 2 rings (SSSR count). The van der Waals surface area contributed by atoms with E-state index in [1.54, 1.807) is 6.07 Å². The normalized spacial score (nSPS) is 10.3. The molecule has 4 nitrogen and oxygen atoms in total. The van der Waals surface area contributed by atoms with Gasteiger partial charge in [-0.2, -0.15) is 0 Å². The van der Waals surface area contributed by atoms with Crippen molar-refractivity contribution in [1.82, 2.24) is 10.2 Å². The topological polar surface area (TPSA) is 54.9 Å². The summed E-state index contributed by atoms with van der Waals surface area (Å²) >= 11 is 13.3. The lowest BCUT2D eigenvalue weighted by Gasteiger charge is -2.05.